The lowest BCUT2D eigenvalue weighted by Crippen LogP contribution is -2.24. The Bertz CT molecular complexity index is 800. The lowest BCUT2D eigenvalue weighted by Gasteiger charge is -2.13. The lowest BCUT2D eigenvalue weighted by atomic mass is 10.2. The number of fused-ring (bicyclic) bond motifs is 1. The summed E-state index contributed by atoms with van der Waals surface area (Å²) in [4.78, 5) is 33.5. The standard InChI is InChI=1S/C11H13N5O5/c12-11-14-9(19)7-8(10(20)15-11)16(3-13-7)6-1-4(18)5(2-17)21-6/h3-6,17-18H,1-2H2,(H3,12,14,15,19,20)/t4-,5+,6-/m0/s1. The molecule has 1 aliphatic heterocycles. The van der Waals surface area contributed by atoms with Crippen LogP contribution in [0, 0.1) is 0 Å². The van der Waals surface area contributed by atoms with E-state index >= 15 is 0 Å². The molecule has 0 aromatic carbocycles. The third kappa shape index (κ3) is 2.18. The summed E-state index contributed by atoms with van der Waals surface area (Å²) in [5.74, 6) is -0.310. The summed E-state index contributed by atoms with van der Waals surface area (Å²) in [6.07, 6.45) is -0.920. The Morgan fingerprint density at radius 3 is 2.95 bits per heavy atom. The number of aromatic nitrogens is 4. The Balaban J connectivity index is 2.18. The van der Waals surface area contributed by atoms with Gasteiger partial charge in [-0.05, 0) is 0 Å². The molecule has 2 aromatic rings. The van der Waals surface area contributed by atoms with Crippen LogP contribution in [0.5, 0.6) is 0 Å². The zero-order chi connectivity index (χ0) is 15.1. The van der Waals surface area contributed by atoms with Crippen molar-refractivity contribution in [2.24, 2.45) is 0 Å². The Kier molecular flexibility index (Phi) is 3.20. The van der Waals surface area contributed by atoms with Crippen molar-refractivity contribution >= 4 is 17.0 Å². The Morgan fingerprint density at radius 1 is 1.52 bits per heavy atom. The number of nitrogen functional groups attached to an aromatic ring is 1. The van der Waals surface area contributed by atoms with Gasteiger partial charge in [0.15, 0.2) is 5.52 Å². The quantitative estimate of drug-likeness (QED) is 0.482. The highest BCUT2D eigenvalue weighted by molar-refractivity contribution is 5.72. The highest BCUT2D eigenvalue weighted by Gasteiger charge is 2.35. The number of nitrogens with zero attached hydrogens (tertiary/aromatic N) is 3. The van der Waals surface area contributed by atoms with E-state index < -0.39 is 29.6 Å². The predicted molar refractivity (Wildman–Crippen MR) is 70.5 cm³/mol. The fraction of sp³-hybridized carbons (Fsp3) is 0.455. The van der Waals surface area contributed by atoms with Crippen LogP contribution in [0.15, 0.2) is 15.9 Å². The van der Waals surface area contributed by atoms with E-state index in [0.29, 0.717) is 0 Å². The number of imidazole rings is 1. The van der Waals surface area contributed by atoms with Gasteiger partial charge in [0.25, 0.3) is 5.56 Å². The first-order chi connectivity index (χ1) is 10.0. The molecule has 5 N–H and O–H groups in total. The van der Waals surface area contributed by atoms with Gasteiger partial charge in [-0.3, -0.25) is 19.1 Å². The van der Waals surface area contributed by atoms with Crippen molar-refractivity contribution in [2.45, 2.75) is 24.9 Å². The monoisotopic (exact) mass is 295 g/mol. The van der Waals surface area contributed by atoms with Gasteiger partial charge in [-0.25, -0.2) is 4.98 Å². The number of nitrogens with two attached hydrogens (primary N) is 1. The number of nitrogens with one attached hydrogen (secondary N) is 1. The van der Waals surface area contributed by atoms with E-state index in [1.54, 1.807) is 0 Å². The van der Waals surface area contributed by atoms with Crippen LogP contribution in [0.3, 0.4) is 0 Å². The van der Waals surface area contributed by atoms with Crippen molar-refractivity contribution in [1.29, 1.82) is 0 Å². The van der Waals surface area contributed by atoms with E-state index in [1.807, 2.05) is 0 Å². The normalized spacial score (nSPS) is 25.5. The summed E-state index contributed by atoms with van der Waals surface area (Å²) in [6, 6.07) is 0. The zero-order valence-electron chi connectivity index (χ0n) is 10.8. The molecule has 0 radical (unpaired) electrons. The molecular formula is C11H13N5O5. The maximum atomic E-state index is 12.1. The lowest BCUT2D eigenvalue weighted by molar-refractivity contribution is -0.0431. The highest BCUT2D eigenvalue weighted by Crippen LogP contribution is 2.29. The van der Waals surface area contributed by atoms with Gasteiger partial charge in [0, 0.05) is 6.42 Å². The van der Waals surface area contributed by atoms with Crippen molar-refractivity contribution < 1.29 is 14.9 Å². The molecule has 21 heavy (non-hydrogen) atoms. The van der Waals surface area contributed by atoms with Crippen LogP contribution in [0.2, 0.25) is 0 Å². The fourth-order valence-electron chi connectivity index (χ4n) is 2.38. The molecule has 1 aliphatic rings. The summed E-state index contributed by atoms with van der Waals surface area (Å²) in [6.45, 7) is -0.351. The summed E-state index contributed by atoms with van der Waals surface area (Å²) < 4.78 is 6.78. The van der Waals surface area contributed by atoms with Gasteiger partial charge in [0.2, 0.25) is 5.95 Å². The third-order valence-corrected chi connectivity index (χ3v) is 3.37. The first-order valence-corrected chi connectivity index (χ1v) is 6.22. The second kappa shape index (κ2) is 4.91. The third-order valence-electron chi connectivity index (χ3n) is 3.37. The van der Waals surface area contributed by atoms with Gasteiger partial charge in [-0.1, -0.05) is 0 Å². The number of aliphatic hydroxyl groups is 2. The molecule has 2 aromatic heterocycles. The van der Waals surface area contributed by atoms with Crippen molar-refractivity contribution in [3.63, 3.8) is 0 Å². The van der Waals surface area contributed by atoms with Crippen molar-refractivity contribution in [1.82, 2.24) is 19.5 Å². The van der Waals surface area contributed by atoms with Gasteiger partial charge in [-0.15, -0.1) is 0 Å². The number of ether oxygens (including phenoxy) is 1. The van der Waals surface area contributed by atoms with E-state index in [2.05, 4.69) is 15.0 Å². The molecule has 0 bridgehead atoms. The van der Waals surface area contributed by atoms with Gasteiger partial charge in [0.05, 0.1) is 19.0 Å². The van der Waals surface area contributed by atoms with Crippen LogP contribution < -0.4 is 16.9 Å². The minimum absolute atomic E-state index is 0.0417. The first-order valence-electron chi connectivity index (χ1n) is 6.22. The van der Waals surface area contributed by atoms with E-state index in [0.717, 1.165) is 0 Å². The number of aliphatic hydroxyl groups excluding tert-OH is 2. The number of H-pyrrole nitrogens is 1. The molecule has 0 unspecified atom stereocenters. The average molecular weight is 295 g/mol. The van der Waals surface area contributed by atoms with E-state index in [9.17, 15) is 14.7 Å². The molecule has 3 heterocycles. The maximum absolute atomic E-state index is 12.1. The molecule has 3 rings (SSSR count). The van der Waals surface area contributed by atoms with Crippen LogP contribution in [-0.2, 0) is 4.74 Å². The first kappa shape index (κ1) is 13.7. The average Bonchev–Trinajstić information content (AvgIpc) is 2.98. The molecule has 0 saturated carbocycles. The van der Waals surface area contributed by atoms with Crippen molar-refractivity contribution in [3.05, 3.63) is 27.0 Å². The zero-order valence-corrected chi connectivity index (χ0v) is 10.8. The Morgan fingerprint density at radius 2 is 2.29 bits per heavy atom. The summed E-state index contributed by atoms with van der Waals surface area (Å²) in [7, 11) is 0. The molecule has 0 amide bonds. The maximum Gasteiger partial charge on any atom is 0.301 e. The highest BCUT2D eigenvalue weighted by atomic mass is 16.5. The van der Waals surface area contributed by atoms with Gasteiger partial charge in [0.1, 0.15) is 17.8 Å². The van der Waals surface area contributed by atoms with Crippen LogP contribution in [-0.4, -0.2) is 48.5 Å². The molecule has 3 atom stereocenters. The topological polar surface area (TPSA) is 156 Å². The number of anilines is 1. The van der Waals surface area contributed by atoms with Gasteiger partial charge >= 0.3 is 5.56 Å². The predicted octanol–water partition coefficient (Wildman–Crippen LogP) is -2.30. The smallest absolute Gasteiger partial charge is 0.301 e. The number of rotatable bonds is 2. The molecule has 10 heteroatoms. The van der Waals surface area contributed by atoms with Crippen LogP contribution in [0.25, 0.3) is 11.0 Å². The van der Waals surface area contributed by atoms with Crippen LogP contribution in [0.1, 0.15) is 12.6 Å². The molecule has 1 fully saturated rings. The minimum Gasteiger partial charge on any atom is -0.394 e. The molecule has 10 nitrogen and oxygen atoms in total. The number of aromatic amines is 1. The summed E-state index contributed by atoms with van der Waals surface area (Å²) in [5.41, 5.74) is 3.82. The van der Waals surface area contributed by atoms with Gasteiger partial charge < -0.3 is 20.7 Å². The largest absolute Gasteiger partial charge is 0.394 e. The molecular weight excluding hydrogens is 282 g/mol. The SMILES string of the molecule is Nc1nc(=O)c2ncn([C@@H]3C[C@H](O)[C@@H](CO)O3)c2c(=O)[nH]1. The van der Waals surface area contributed by atoms with Crippen molar-refractivity contribution in [3.8, 4) is 0 Å². The second-order valence-corrected chi connectivity index (χ2v) is 4.72. The fourth-order valence-corrected chi connectivity index (χ4v) is 2.38. The second-order valence-electron chi connectivity index (χ2n) is 4.72. The van der Waals surface area contributed by atoms with Gasteiger partial charge in [-0.2, -0.15) is 4.98 Å². The molecule has 0 aliphatic carbocycles. The van der Waals surface area contributed by atoms with Crippen LogP contribution in [0.4, 0.5) is 5.95 Å². The Hall–Kier alpha value is -2.30. The molecule has 1 saturated heterocycles. The Labute approximate surface area is 116 Å². The summed E-state index contributed by atoms with van der Waals surface area (Å²) >= 11 is 0. The molecule has 0 spiro atoms. The van der Waals surface area contributed by atoms with E-state index in [4.69, 9.17) is 15.6 Å². The summed E-state index contributed by atoms with van der Waals surface area (Å²) in [5, 5.41) is 18.8. The number of hydrogen-bond acceptors (Lipinski definition) is 8. The molecule has 112 valence electrons. The van der Waals surface area contributed by atoms with Crippen molar-refractivity contribution in [2.75, 3.05) is 12.3 Å². The van der Waals surface area contributed by atoms with E-state index in [1.165, 1.54) is 10.9 Å². The van der Waals surface area contributed by atoms with E-state index in [-0.39, 0.29) is 30.0 Å². The number of hydrogen-bond donors (Lipinski definition) is 4. The minimum atomic E-state index is -0.871. The van der Waals surface area contributed by atoms with Crippen LogP contribution >= 0.6 is 0 Å².